The summed E-state index contributed by atoms with van der Waals surface area (Å²) < 4.78 is 0. The quantitative estimate of drug-likeness (QED) is 0.727. The predicted molar refractivity (Wildman–Crippen MR) is 97.1 cm³/mol. The van der Waals surface area contributed by atoms with Crippen LogP contribution >= 0.6 is 23.6 Å². The minimum absolute atomic E-state index is 0.152. The Kier molecular flexibility index (Phi) is 6.25. The molecule has 0 bridgehead atoms. The van der Waals surface area contributed by atoms with Gasteiger partial charge in [0.15, 0.2) is 5.11 Å². The Hall–Kier alpha value is -2.25. The number of benzene rings is 1. The second-order valence-corrected chi connectivity index (χ2v) is 6.04. The minimum atomic E-state index is -0.273. The lowest BCUT2D eigenvalue weighted by molar-refractivity contribution is 0.0952. The van der Waals surface area contributed by atoms with Crippen LogP contribution in [-0.2, 0) is 0 Å². The first-order valence-electron chi connectivity index (χ1n) is 7.15. The molecule has 0 atom stereocenters. The largest absolute Gasteiger partial charge is 0.352 e. The summed E-state index contributed by atoms with van der Waals surface area (Å²) in [7, 11) is 0. The van der Waals surface area contributed by atoms with E-state index in [1.54, 1.807) is 36.4 Å². The molecule has 0 saturated heterocycles. The number of rotatable bonds is 5. The SMILES string of the molecule is CCCNC(=O)c1ccccc1NC(=S)NC(=O)c1cccs1. The molecule has 5 nitrogen and oxygen atoms in total. The number of thiophene rings is 1. The maximum absolute atomic E-state index is 12.1. The summed E-state index contributed by atoms with van der Waals surface area (Å²) in [5, 5.41) is 10.3. The van der Waals surface area contributed by atoms with Crippen LogP contribution in [0.15, 0.2) is 41.8 Å². The molecule has 2 rings (SSSR count). The van der Waals surface area contributed by atoms with Crippen molar-refractivity contribution in [3.05, 3.63) is 52.2 Å². The second kappa shape index (κ2) is 8.40. The number of nitrogens with one attached hydrogen (secondary N) is 3. The van der Waals surface area contributed by atoms with Crippen molar-refractivity contribution < 1.29 is 9.59 Å². The van der Waals surface area contributed by atoms with Crippen LogP contribution in [0.1, 0.15) is 33.4 Å². The van der Waals surface area contributed by atoms with E-state index in [0.717, 1.165) is 6.42 Å². The maximum Gasteiger partial charge on any atom is 0.267 e. The van der Waals surface area contributed by atoms with Gasteiger partial charge in [-0.3, -0.25) is 14.9 Å². The first-order valence-corrected chi connectivity index (χ1v) is 8.43. The number of hydrogen-bond acceptors (Lipinski definition) is 4. The average molecular weight is 347 g/mol. The number of hydrogen-bond donors (Lipinski definition) is 3. The highest BCUT2D eigenvalue weighted by Gasteiger charge is 2.13. The molecule has 2 amide bonds. The number of carbonyl (C=O) groups is 2. The summed E-state index contributed by atoms with van der Waals surface area (Å²) in [5.41, 5.74) is 1.03. The standard InChI is InChI=1S/C16H17N3O2S2/c1-2-9-17-14(20)11-6-3-4-7-12(11)18-16(22)19-15(21)13-8-5-10-23-13/h3-8,10H,2,9H2,1H3,(H,17,20)(H2,18,19,21,22). The van der Waals surface area contributed by atoms with E-state index in [1.807, 2.05) is 12.3 Å². The molecular formula is C16H17N3O2S2. The topological polar surface area (TPSA) is 70.2 Å². The Morgan fingerprint density at radius 1 is 1.13 bits per heavy atom. The van der Waals surface area contributed by atoms with Crippen LogP contribution in [0.4, 0.5) is 5.69 Å². The molecule has 0 aliphatic heterocycles. The number of thiocarbonyl (C=S) groups is 1. The molecule has 7 heteroatoms. The van der Waals surface area contributed by atoms with Gasteiger partial charge in [0.1, 0.15) is 0 Å². The first kappa shape index (κ1) is 17.1. The fourth-order valence-corrected chi connectivity index (χ4v) is 2.67. The van der Waals surface area contributed by atoms with Gasteiger partial charge in [0.05, 0.1) is 16.1 Å². The summed E-state index contributed by atoms with van der Waals surface area (Å²) in [6.07, 6.45) is 0.858. The van der Waals surface area contributed by atoms with Crippen LogP contribution in [0.3, 0.4) is 0 Å². The molecule has 0 saturated carbocycles. The molecule has 1 heterocycles. The lowest BCUT2D eigenvalue weighted by Gasteiger charge is -2.13. The third-order valence-corrected chi connectivity index (χ3v) is 4.00. The van der Waals surface area contributed by atoms with Gasteiger partial charge in [0, 0.05) is 6.54 Å². The molecule has 3 N–H and O–H groups in total. The highest BCUT2D eigenvalue weighted by molar-refractivity contribution is 7.80. The molecule has 0 radical (unpaired) electrons. The number of amides is 2. The van der Waals surface area contributed by atoms with Gasteiger partial charge in [-0.05, 0) is 42.2 Å². The van der Waals surface area contributed by atoms with Gasteiger partial charge in [-0.25, -0.2) is 0 Å². The highest BCUT2D eigenvalue weighted by Crippen LogP contribution is 2.15. The monoisotopic (exact) mass is 347 g/mol. The molecule has 1 aromatic carbocycles. The zero-order valence-electron chi connectivity index (χ0n) is 12.6. The maximum atomic E-state index is 12.1. The van der Waals surface area contributed by atoms with Gasteiger partial charge in [-0.1, -0.05) is 25.1 Å². The van der Waals surface area contributed by atoms with E-state index >= 15 is 0 Å². The van der Waals surface area contributed by atoms with Crippen molar-refractivity contribution in [2.24, 2.45) is 0 Å². The van der Waals surface area contributed by atoms with Gasteiger partial charge >= 0.3 is 0 Å². The van der Waals surface area contributed by atoms with E-state index in [9.17, 15) is 9.59 Å². The zero-order chi connectivity index (χ0) is 16.7. The van der Waals surface area contributed by atoms with E-state index in [2.05, 4.69) is 16.0 Å². The summed E-state index contributed by atoms with van der Waals surface area (Å²) in [4.78, 5) is 24.7. The van der Waals surface area contributed by atoms with Crippen LogP contribution < -0.4 is 16.0 Å². The normalized spacial score (nSPS) is 9.96. The second-order valence-electron chi connectivity index (χ2n) is 4.69. The van der Waals surface area contributed by atoms with Crippen LogP contribution in [-0.4, -0.2) is 23.5 Å². The lowest BCUT2D eigenvalue weighted by Crippen LogP contribution is -2.34. The van der Waals surface area contributed by atoms with Crippen molar-refractivity contribution in [1.29, 1.82) is 0 Å². The van der Waals surface area contributed by atoms with Gasteiger partial charge < -0.3 is 10.6 Å². The van der Waals surface area contributed by atoms with Crippen molar-refractivity contribution in [2.75, 3.05) is 11.9 Å². The molecule has 2 aromatic rings. The van der Waals surface area contributed by atoms with E-state index in [1.165, 1.54) is 11.3 Å². The van der Waals surface area contributed by atoms with Crippen LogP contribution in [0, 0.1) is 0 Å². The summed E-state index contributed by atoms with van der Waals surface area (Å²) in [6, 6.07) is 10.5. The molecule has 0 aliphatic rings. The molecule has 0 aliphatic carbocycles. The minimum Gasteiger partial charge on any atom is -0.352 e. The summed E-state index contributed by atoms with van der Waals surface area (Å²) >= 11 is 6.48. The average Bonchev–Trinajstić information content (AvgIpc) is 3.07. The highest BCUT2D eigenvalue weighted by atomic mass is 32.1. The van der Waals surface area contributed by atoms with Crippen molar-refractivity contribution in [2.45, 2.75) is 13.3 Å². The molecule has 120 valence electrons. The van der Waals surface area contributed by atoms with Crippen LogP contribution in [0.5, 0.6) is 0 Å². The number of para-hydroxylation sites is 1. The van der Waals surface area contributed by atoms with E-state index in [0.29, 0.717) is 22.7 Å². The van der Waals surface area contributed by atoms with Crippen LogP contribution in [0.25, 0.3) is 0 Å². The summed E-state index contributed by atoms with van der Waals surface area (Å²) in [6.45, 7) is 2.59. The van der Waals surface area contributed by atoms with E-state index in [-0.39, 0.29) is 16.9 Å². The molecule has 0 spiro atoms. The van der Waals surface area contributed by atoms with Crippen molar-refractivity contribution >= 4 is 46.2 Å². The smallest absolute Gasteiger partial charge is 0.267 e. The Bertz CT molecular complexity index is 699. The van der Waals surface area contributed by atoms with Gasteiger partial charge in [-0.2, -0.15) is 0 Å². The van der Waals surface area contributed by atoms with Gasteiger partial charge in [0.25, 0.3) is 11.8 Å². The number of anilines is 1. The Morgan fingerprint density at radius 2 is 1.91 bits per heavy atom. The van der Waals surface area contributed by atoms with Crippen molar-refractivity contribution in [1.82, 2.24) is 10.6 Å². The predicted octanol–water partition coefficient (Wildman–Crippen LogP) is 3.01. The molecule has 1 aromatic heterocycles. The Balaban J connectivity index is 2.03. The Morgan fingerprint density at radius 3 is 2.61 bits per heavy atom. The van der Waals surface area contributed by atoms with Gasteiger partial charge in [0.2, 0.25) is 0 Å². The third-order valence-electron chi connectivity index (χ3n) is 2.93. The zero-order valence-corrected chi connectivity index (χ0v) is 14.2. The lowest BCUT2D eigenvalue weighted by atomic mass is 10.1. The van der Waals surface area contributed by atoms with Crippen molar-refractivity contribution in [3.63, 3.8) is 0 Å². The first-order chi connectivity index (χ1) is 11.1. The van der Waals surface area contributed by atoms with E-state index < -0.39 is 0 Å². The van der Waals surface area contributed by atoms with E-state index in [4.69, 9.17) is 12.2 Å². The van der Waals surface area contributed by atoms with Gasteiger partial charge in [-0.15, -0.1) is 11.3 Å². The van der Waals surface area contributed by atoms with Crippen molar-refractivity contribution in [3.8, 4) is 0 Å². The van der Waals surface area contributed by atoms with Crippen LogP contribution in [0.2, 0.25) is 0 Å². The molecule has 0 fully saturated rings. The third kappa shape index (κ3) is 4.87. The molecular weight excluding hydrogens is 330 g/mol. The summed E-state index contributed by atoms with van der Waals surface area (Å²) in [5.74, 6) is -0.451. The Labute approximate surface area is 144 Å². The fraction of sp³-hybridized carbons (Fsp3) is 0.188. The fourth-order valence-electron chi connectivity index (χ4n) is 1.85. The number of carbonyl (C=O) groups excluding carboxylic acids is 2. The molecule has 23 heavy (non-hydrogen) atoms. The molecule has 0 unspecified atom stereocenters.